The van der Waals surface area contributed by atoms with Gasteiger partial charge in [0.25, 0.3) is 0 Å². The van der Waals surface area contributed by atoms with Crippen LogP contribution >= 0.6 is 11.6 Å². The van der Waals surface area contributed by atoms with E-state index in [9.17, 15) is 9.59 Å². The van der Waals surface area contributed by atoms with Crippen molar-refractivity contribution in [3.63, 3.8) is 0 Å². The topological polar surface area (TPSA) is 95.4 Å². The van der Waals surface area contributed by atoms with Gasteiger partial charge in [-0.2, -0.15) is 0 Å². The van der Waals surface area contributed by atoms with Crippen LogP contribution in [0.3, 0.4) is 0 Å². The number of anilines is 1. The Hall–Kier alpha value is -2.37. The second kappa shape index (κ2) is 7.89. The van der Waals surface area contributed by atoms with Gasteiger partial charge in [0, 0.05) is 27.9 Å². The maximum absolute atomic E-state index is 12.6. The van der Waals surface area contributed by atoms with E-state index in [2.05, 4.69) is 0 Å². The minimum absolute atomic E-state index is 0.0393. The molecule has 0 radical (unpaired) electrons. The Bertz CT molecular complexity index is 814. The molecular weight excluding hydrogens is 352 g/mol. The number of hydrogen-bond acceptors (Lipinski definition) is 5. The minimum Gasteiger partial charge on any atom is -0.460 e. The van der Waals surface area contributed by atoms with Gasteiger partial charge >= 0.3 is 5.97 Å². The second-order valence-electron chi connectivity index (χ2n) is 7.05. The Balaban J connectivity index is 2.23. The number of rotatable bonds is 5. The molecule has 138 valence electrons. The van der Waals surface area contributed by atoms with E-state index in [4.69, 9.17) is 27.8 Å². The molecule has 26 heavy (non-hydrogen) atoms. The molecule has 0 aromatic heterocycles. The van der Waals surface area contributed by atoms with Gasteiger partial charge in [-0.15, -0.1) is 0 Å². The van der Waals surface area contributed by atoms with Gasteiger partial charge in [-0.05, 0) is 38.5 Å². The summed E-state index contributed by atoms with van der Waals surface area (Å²) in [6.07, 6.45) is -0.0393. The van der Waals surface area contributed by atoms with Crippen molar-refractivity contribution in [2.24, 2.45) is 5.73 Å². The predicted octanol–water partition coefficient (Wildman–Crippen LogP) is 3.88. The third kappa shape index (κ3) is 5.07. The minimum atomic E-state index is -0.680. The maximum atomic E-state index is 12.6. The standard InChI is InChI=1S/C20H23ClN2O3/c1-20(2,3)26-18(24)11-17(23)13-10-16(22)14(9-15(13)21)19(25)12-7-5-4-6-8-12/h4-10,17H,11,22-23H2,1-3H3. The summed E-state index contributed by atoms with van der Waals surface area (Å²) in [5.41, 5.74) is 13.1. The van der Waals surface area contributed by atoms with Crippen LogP contribution in [0, 0.1) is 0 Å². The highest BCUT2D eigenvalue weighted by Crippen LogP contribution is 2.30. The molecule has 6 heteroatoms. The summed E-state index contributed by atoms with van der Waals surface area (Å²) in [6.45, 7) is 5.35. The Labute approximate surface area is 158 Å². The maximum Gasteiger partial charge on any atom is 0.308 e. The van der Waals surface area contributed by atoms with Gasteiger partial charge in [0.1, 0.15) is 5.60 Å². The Morgan fingerprint density at radius 1 is 1.15 bits per heavy atom. The molecule has 0 bridgehead atoms. The first-order chi connectivity index (χ1) is 12.1. The van der Waals surface area contributed by atoms with Gasteiger partial charge in [-0.25, -0.2) is 0 Å². The summed E-state index contributed by atoms with van der Waals surface area (Å²) in [7, 11) is 0. The number of esters is 1. The summed E-state index contributed by atoms with van der Waals surface area (Å²) in [4.78, 5) is 24.6. The lowest BCUT2D eigenvalue weighted by molar-refractivity contribution is -0.155. The zero-order chi connectivity index (χ0) is 19.5. The van der Waals surface area contributed by atoms with Gasteiger partial charge in [0.05, 0.1) is 6.42 Å². The van der Waals surface area contributed by atoms with E-state index in [0.29, 0.717) is 16.7 Å². The lowest BCUT2D eigenvalue weighted by Gasteiger charge is -2.21. The Morgan fingerprint density at radius 2 is 1.77 bits per heavy atom. The molecule has 0 aliphatic carbocycles. The lowest BCUT2D eigenvalue weighted by atomic mass is 9.97. The van der Waals surface area contributed by atoms with Gasteiger partial charge in [-0.1, -0.05) is 41.9 Å². The average molecular weight is 375 g/mol. The molecule has 2 aromatic rings. The third-order valence-corrected chi connectivity index (χ3v) is 3.98. The number of halogens is 1. The number of ether oxygens (including phenoxy) is 1. The number of nitrogen functional groups attached to an aromatic ring is 1. The monoisotopic (exact) mass is 374 g/mol. The van der Waals surface area contributed by atoms with Crippen molar-refractivity contribution in [1.82, 2.24) is 0 Å². The molecule has 2 rings (SSSR count). The summed E-state index contributed by atoms with van der Waals surface area (Å²) in [5, 5.41) is 0.287. The Morgan fingerprint density at radius 3 is 2.35 bits per heavy atom. The van der Waals surface area contributed by atoms with Crippen LogP contribution in [-0.2, 0) is 9.53 Å². The highest BCUT2D eigenvalue weighted by atomic mass is 35.5. The first-order valence-corrected chi connectivity index (χ1v) is 8.62. The van der Waals surface area contributed by atoms with Crippen LogP contribution in [0.25, 0.3) is 0 Å². The molecule has 0 aliphatic rings. The lowest BCUT2D eigenvalue weighted by Crippen LogP contribution is -2.26. The van der Waals surface area contributed by atoms with E-state index < -0.39 is 17.6 Å². The van der Waals surface area contributed by atoms with Crippen molar-refractivity contribution in [1.29, 1.82) is 0 Å². The number of carbonyl (C=O) groups excluding carboxylic acids is 2. The van der Waals surface area contributed by atoms with Crippen LogP contribution < -0.4 is 11.5 Å². The molecule has 4 N–H and O–H groups in total. The third-order valence-electron chi connectivity index (χ3n) is 3.66. The average Bonchev–Trinajstić information content (AvgIpc) is 2.54. The molecule has 0 saturated heterocycles. The zero-order valence-electron chi connectivity index (χ0n) is 15.1. The quantitative estimate of drug-likeness (QED) is 0.470. The Kier molecular flexibility index (Phi) is 6.05. The van der Waals surface area contributed by atoms with E-state index in [0.717, 1.165) is 0 Å². The van der Waals surface area contributed by atoms with E-state index in [1.165, 1.54) is 6.07 Å². The highest BCUT2D eigenvalue weighted by Gasteiger charge is 2.22. The van der Waals surface area contributed by atoms with Gasteiger partial charge in [-0.3, -0.25) is 9.59 Å². The first kappa shape index (κ1) is 19.9. The fraction of sp³-hybridized carbons (Fsp3) is 0.300. The molecule has 0 saturated carbocycles. The number of benzene rings is 2. The van der Waals surface area contributed by atoms with Gasteiger partial charge < -0.3 is 16.2 Å². The van der Waals surface area contributed by atoms with Crippen molar-refractivity contribution in [2.45, 2.75) is 38.8 Å². The molecule has 2 aromatic carbocycles. The van der Waals surface area contributed by atoms with E-state index in [1.807, 2.05) is 6.07 Å². The number of nitrogens with two attached hydrogens (primary N) is 2. The van der Waals surface area contributed by atoms with Crippen LogP contribution in [0.15, 0.2) is 42.5 Å². The van der Waals surface area contributed by atoms with Crippen LogP contribution in [0.4, 0.5) is 5.69 Å². The van der Waals surface area contributed by atoms with Crippen molar-refractivity contribution in [3.05, 3.63) is 64.2 Å². The molecule has 0 fully saturated rings. The second-order valence-corrected chi connectivity index (χ2v) is 7.46. The van der Waals surface area contributed by atoms with E-state index in [1.54, 1.807) is 51.1 Å². The molecule has 0 spiro atoms. The smallest absolute Gasteiger partial charge is 0.308 e. The van der Waals surface area contributed by atoms with E-state index >= 15 is 0 Å². The zero-order valence-corrected chi connectivity index (χ0v) is 15.8. The van der Waals surface area contributed by atoms with Crippen molar-refractivity contribution in [2.75, 3.05) is 5.73 Å². The van der Waals surface area contributed by atoms with Crippen LogP contribution in [-0.4, -0.2) is 17.4 Å². The summed E-state index contributed by atoms with van der Waals surface area (Å²) < 4.78 is 5.27. The highest BCUT2D eigenvalue weighted by molar-refractivity contribution is 6.32. The van der Waals surface area contributed by atoms with Gasteiger partial charge in [0.2, 0.25) is 0 Å². The fourth-order valence-corrected chi connectivity index (χ4v) is 2.81. The van der Waals surface area contributed by atoms with Crippen molar-refractivity contribution in [3.8, 4) is 0 Å². The molecule has 5 nitrogen and oxygen atoms in total. The molecule has 1 atom stereocenters. The summed E-state index contributed by atoms with van der Waals surface area (Å²) >= 11 is 6.30. The normalized spacial score (nSPS) is 12.5. The van der Waals surface area contributed by atoms with Crippen LogP contribution in [0.2, 0.25) is 5.02 Å². The van der Waals surface area contributed by atoms with Crippen LogP contribution in [0.1, 0.15) is 54.7 Å². The molecule has 1 unspecified atom stereocenters. The fourth-order valence-electron chi connectivity index (χ4n) is 2.51. The molecule has 0 amide bonds. The van der Waals surface area contributed by atoms with Gasteiger partial charge in [0.15, 0.2) is 5.78 Å². The number of carbonyl (C=O) groups is 2. The van der Waals surface area contributed by atoms with Crippen molar-refractivity contribution >= 4 is 29.0 Å². The number of ketones is 1. The molecule has 0 heterocycles. The summed E-state index contributed by atoms with van der Waals surface area (Å²) in [5.74, 6) is -0.652. The van der Waals surface area contributed by atoms with E-state index in [-0.39, 0.29) is 22.9 Å². The number of hydrogen-bond donors (Lipinski definition) is 2. The SMILES string of the molecule is CC(C)(C)OC(=O)CC(N)c1cc(N)c(C(=O)c2ccccc2)cc1Cl. The molecular formula is C20H23ClN2O3. The largest absolute Gasteiger partial charge is 0.460 e. The first-order valence-electron chi connectivity index (χ1n) is 8.24. The van der Waals surface area contributed by atoms with Crippen molar-refractivity contribution < 1.29 is 14.3 Å². The van der Waals surface area contributed by atoms with Crippen LogP contribution in [0.5, 0.6) is 0 Å². The predicted molar refractivity (Wildman–Crippen MR) is 103 cm³/mol. The summed E-state index contributed by atoms with van der Waals surface area (Å²) in [6, 6.07) is 11.2. The molecule has 0 aliphatic heterocycles.